The van der Waals surface area contributed by atoms with E-state index in [0.29, 0.717) is 5.56 Å². The molecule has 2 aromatic rings. The van der Waals surface area contributed by atoms with E-state index < -0.39 is 0 Å². The van der Waals surface area contributed by atoms with Crippen LogP contribution >= 0.6 is 11.8 Å². The Bertz CT molecular complexity index is 568. The number of benzene rings is 2. The van der Waals surface area contributed by atoms with E-state index in [9.17, 15) is 0 Å². The van der Waals surface area contributed by atoms with Gasteiger partial charge in [0, 0.05) is 10.6 Å². The molecule has 2 nitrogen and oxygen atoms in total. The van der Waals surface area contributed by atoms with Crippen LogP contribution in [0.25, 0.3) is 11.1 Å². The Hall–Kier alpha value is -1.92. The summed E-state index contributed by atoms with van der Waals surface area (Å²) >= 11 is 1.63. The van der Waals surface area contributed by atoms with Crippen molar-refractivity contribution in [2.75, 3.05) is 12.0 Å². The third-order valence-corrected chi connectivity index (χ3v) is 3.37. The van der Waals surface area contributed by atoms with Gasteiger partial charge in [0.05, 0.1) is 11.6 Å². The molecule has 2 aromatic carbocycles. The first-order valence-corrected chi connectivity index (χ1v) is 6.41. The average molecular weight is 240 g/mol. The van der Waals surface area contributed by atoms with Gasteiger partial charge in [-0.05, 0) is 41.6 Å². The highest BCUT2D eigenvalue weighted by molar-refractivity contribution is 7.98. The Kier molecular flexibility index (Phi) is 3.36. The molecule has 0 saturated heterocycles. The van der Waals surface area contributed by atoms with Gasteiger partial charge >= 0.3 is 0 Å². The maximum atomic E-state index is 8.75. The van der Waals surface area contributed by atoms with E-state index >= 15 is 0 Å². The number of nitrogens with zero attached hydrogens (tertiary/aromatic N) is 1. The van der Waals surface area contributed by atoms with E-state index in [-0.39, 0.29) is 0 Å². The molecule has 0 aliphatic heterocycles. The molecule has 0 amide bonds. The number of hydrogen-bond donors (Lipinski definition) is 1. The highest BCUT2D eigenvalue weighted by atomic mass is 32.2. The Balaban J connectivity index is 2.42. The van der Waals surface area contributed by atoms with Crippen LogP contribution in [0.2, 0.25) is 0 Å². The normalized spacial score (nSPS) is 9.88. The maximum absolute atomic E-state index is 8.75. The van der Waals surface area contributed by atoms with E-state index in [4.69, 9.17) is 11.0 Å². The number of anilines is 1. The predicted octanol–water partition coefficient (Wildman–Crippen LogP) is 3.53. The highest BCUT2D eigenvalue weighted by Crippen LogP contribution is 2.29. The highest BCUT2D eigenvalue weighted by Gasteiger charge is 2.02. The molecular formula is C14H12N2S. The van der Waals surface area contributed by atoms with Gasteiger partial charge in [0.1, 0.15) is 0 Å². The lowest BCUT2D eigenvalue weighted by atomic mass is 10.0. The largest absolute Gasteiger partial charge is 0.398 e. The van der Waals surface area contributed by atoms with Crippen LogP contribution in [0.4, 0.5) is 5.69 Å². The van der Waals surface area contributed by atoms with Crippen molar-refractivity contribution in [3.8, 4) is 17.2 Å². The second-order valence-corrected chi connectivity index (χ2v) is 4.49. The van der Waals surface area contributed by atoms with Crippen LogP contribution in [0.5, 0.6) is 0 Å². The minimum absolute atomic E-state index is 0.675. The second kappa shape index (κ2) is 4.94. The molecule has 0 heterocycles. The SMILES string of the molecule is CSc1cc(-c2ccc(C#N)cc2)ccc1N. The van der Waals surface area contributed by atoms with Crippen molar-refractivity contribution < 1.29 is 0 Å². The van der Waals surface area contributed by atoms with E-state index in [1.54, 1.807) is 11.8 Å². The molecule has 0 atom stereocenters. The second-order valence-electron chi connectivity index (χ2n) is 3.65. The molecule has 2 rings (SSSR count). The quantitative estimate of drug-likeness (QED) is 0.645. The Labute approximate surface area is 105 Å². The molecule has 0 bridgehead atoms. The van der Waals surface area contributed by atoms with Crippen LogP contribution in [0.1, 0.15) is 5.56 Å². The zero-order valence-electron chi connectivity index (χ0n) is 9.47. The third kappa shape index (κ3) is 2.43. The number of nitriles is 1. The van der Waals surface area contributed by atoms with Crippen LogP contribution < -0.4 is 5.73 Å². The fourth-order valence-corrected chi connectivity index (χ4v) is 2.18. The molecule has 2 N–H and O–H groups in total. The van der Waals surface area contributed by atoms with Gasteiger partial charge in [0.2, 0.25) is 0 Å². The number of nitrogens with two attached hydrogens (primary N) is 1. The van der Waals surface area contributed by atoms with Crippen molar-refractivity contribution in [2.45, 2.75) is 4.90 Å². The molecule has 0 radical (unpaired) electrons. The zero-order chi connectivity index (χ0) is 12.3. The van der Waals surface area contributed by atoms with Crippen molar-refractivity contribution in [3.05, 3.63) is 48.0 Å². The minimum atomic E-state index is 0.675. The van der Waals surface area contributed by atoms with Gasteiger partial charge in [-0.15, -0.1) is 11.8 Å². The first-order valence-electron chi connectivity index (χ1n) is 5.18. The average Bonchev–Trinajstić information content (AvgIpc) is 2.39. The fraction of sp³-hybridized carbons (Fsp3) is 0.0714. The van der Waals surface area contributed by atoms with Gasteiger partial charge in [-0.25, -0.2) is 0 Å². The summed E-state index contributed by atoms with van der Waals surface area (Å²) in [6.07, 6.45) is 2.01. The number of rotatable bonds is 2. The van der Waals surface area contributed by atoms with Crippen molar-refractivity contribution in [3.63, 3.8) is 0 Å². The summed E-state index contributed by atoms with van der Waals surface area (Å²) < 4.78 is 0. The molecule has 0 aromatic heterocycles. The fourth-order valence-electron chi connectivity index (χ4n) is 1.63. The predicted molar refractivity (Wildman–Crippen MR) is 72.8 cm³/mol. The van der Waals surface area contributed by atoms with Crippen molar-refractivity contribution in [1.82, 2.24) is 0 Å². The molecule has 0 fully saturated rings. The summed E-state index contributed by atoms with van der Waals surface area (Å²) in [5.41, 5.74) is 9.55. The van der Waals surface area contributed by atoms with Gasteiger partial charge in [-0.3, -0.25) is 0 Å². The summed E-state index contributed by atoms with van der Waals surface area (Å²) in [6, 6.07) is 15.6. The van der Waals surface area contributed by atoms with Crippen molar-refractivity contribution >= 4 is 17.4 Å². The molecule has 0 saturated carbocycles. The Morgan fingerprint density at radius 3 is 2.29 bits per heavy atom. The first-order chi connectivity index (χ1) is 8.24. The summed E-state index contributed by atoms with van der Waals surface area (Å²) in [7, 11) is 0. The zero-order valence-corrected chi connectivity index (χ0v) is 10.3. The molecule has 0 unspecified atom stereocenters. The summed E-state index contributed by atoms with van der Waals surface area (Å²) in [5, 5.41) is 8.75. The van der Waals surface area contributed by atoms with Crippen LogP contribution in [0.3, 0.4) is 0 Å². The van der Waals surface area contributed by atoms with E-state index in [2.05, 4.69) is 12.1 Å². The minimum Gasteiger partial charge on any atom is -0.398 e. The van der Waals surface area contributed by atoms with Crippen LogP contribution in [0.15, 0.2) is 47.4 Å². The third-order valence-electron chi connectivity index (χ3n) is 2.58. The Morgan fingerprint density at radius 1 is 1.06 bits per heavy atom. The molecule has 0 aliphatic carbocycles. The van der Waals surface area contributed by atoms with Gasteiger partial charge in [0.25, 0.3) is 0 Å². The van der Waals surface area contributed by atoms with Gasteiger partial charge < -0.3 is 5.73 Å². The van der Waals surface area contributed by atoms with Gasteiger partial charge in [0.15, 0.2) is 0 Å². The van der Waals surface area contributed by atoms with Gasteiger partial charge in [-0.2, -0.15) is 5.26 Å². The molecule has 17 heavy (non-hydrogen) atoms. The smallest absolute Gasteiger partial charge is 0.0991 e. The van der Waals surface area contributed by atoms with E-state index in [1.165, 1.54) is 0 Å². The van der Waals surface area contributed by atoms with Crippen molar-refractivity contribution in [1.29, 1.82) is 5.26 Å². The van der Waals surface area contributed by atoms with Gasteiger partial charge in [-0.1, -0.05) is 18.2 Å². The lowest BCUT2D eigenvalue weighted by Crippen LogP contribution is -1.88. The number of thioether (sulfide) groups is 1. The van der Waals surface area contributed by atoms with Crippen LogP contribution in [-0.4, -0.2) is 6.26 Å². The summed E-state index contributed by atoms with van der Waals surface area (Å²) in [5.74, 6) is 0. The maximum Gasteiger partial charge on any atom is 0.0991 e. The van der Waals surface area contributed by atoms with E-state index in [1.807, 2.05) is 42.7 Å². The molecule has 84 valence electrons. The molecule has 0 aliphatic rings. The summed E-state index contributed by atoms with van der Waals surface area (Å²) in [6.45, 7) is 0. The van der Waals surface area contributed by atoms with Crippen LogP contribution in [0, 0.1) is 11.3 Å². The standard InChI is InChI=1S/C14H12N2S/c1-17-14-8-12(6-7-13(14)16)11-4-2-10(9-15)3-5-11/h2-8H,16H2,1H3. The lowest BCUT2D eigenvalue weighted by molar-refractivity contribution is 1.45. The van der Waals surface area contributed by atoms with E-state index in [0.717, 1.165) is 21.7 Å². The molecular weight excluding hydrogens is 228 g/mol. The van der Waals surface area contributed by atoms with Crippen LogP contribution in [-0.2, 0) is 0 Å². The number of nitrogen functional groups attached to an aromatic ring is 1. The molecule has 3 heteroatoms. The summed E-state index contributed by atoms with van der Waals surface area (Å²) in [4.78, 5) is 1.08. The first kappa shape index (κ1) is 11.6. The van der Waals surface area contributed by atoms with Crippen molar-refractivity contribution in [2.24, 2.45) is 0 Å². The topological polar surface area (TPSA) is 49.8 Å². The monoisotopic (exact) mass is 240 g/mol. The lowest BCUT2D eigenvalue weighted by Gasteiger charge is -2.06. The number of hydrogen-bond acceptors (Lipinski definition) is 3. The Morgan fingerprint density at radius 2 is 1.71 bits per heavy atom. The molecule has 0 spiro atoms.